The van der Waals surface area contributed by atoms with Gasteiger partial charge in [0.05, 0.1) is 5.01 Å². The van der Waals surface area contributed by atoms with E-state index in [9.17, 15) is 8.78 Å². The van der Waals surface area contributed by atoms with Crippen molar-refractivity contribution in [2.75, 3.05) is 0 Å². The Bertz CT molecular complexity index is 307. The van der Waals surface area contributed by atoms with Crippen LogP contribution in [0.15, 0.2) is 0 Å². The van der Waals surface area contributed by atoms with Crippen LogP contribution in [0.4, 0.5) is 8.78 Å². The molecule has 0 radical (unpaired) electrons. The fourth-order valence-corrected chi connectivity index (χ4v) is 2.33. The van der Waals surface area contributed by atoms with E-state index in [-0.39, 0.29) is 12.2 Å². The van der Waals surface area contributed by atoms with E-state index in [1.807, 2.05) is 0 Å². The first-order valence-electron chi connectivity index (χ1n) is 4.20. The van der Waals surface area contributed by atoms with Crippen molar-refractivity contribution >= 4 is 11.3 Å². The summed E-state index contributed by atoms with van der Waals surface area (Å²) in [4.78, 5) is 4.47. The maximum Gasteiger partial charge on any atom is 0.281 e. The molecule has 0 atom stereocenters. The second-order valence-corrected chi connectivity index (χ2v) is 4.25. The van der Waals surface area contributed by atoms with Gasteiger partial charge in [0.1, 0.15) is 5.69 Å². The molecule has 0 aromatic carbocycles. The molecule has 2 nitrogen and oxygen atoms in total. The van der Waals surface area contributed by atoms with Gasteiger partial charge < -0.3 is 5.73 Å². The van der Waals surface area contributed by atoms with Crippen LogP contribution in [0, 0.1) is 0 Å². The lowest BCUT2D eigenvalue weighted by molar-refractivity contribution is 0.145. The van der Waals surface area contributed by atoms with Crippen molar-refractivity contribution in [3.8, 4) is 0 Å². The number of hydrogen-bond donors (Lipinski definition) is 1. The first-order valence-corrected chi connectivity index (χ1v) is 5.01. The monoisotopic (exact) mass is 204 g/mol. The smallest absolute Gasteiger partial charge is 0.281 e. The topological polar surface area (TPSA) is 38.9 Å². The number of halogens is 2. The van der Waals surface area contributed by atoms with E-state index in [4.69, 9.17) is 5.73 Å². The minimum atomic E-state index is -2.48. The average molecular weight is 204 g/mol. The van der Waals surface area contributed by atoms with Gasteiger partial charge in [-0.15, -0.1) is 11.3 Å². The van der Waals surface area contributed by atoms with E-state index >= 15 is 0 Å². The molecule has 13 heavy (non-hydrogen) atoms. The molecule has 1 aliphatic carbocycles. The number of nitrogens with zero attached hydrogens (tertiary/aromatic N) is 1. The Kier molecular flexibility index (Phi) is 2.29. The maximum absolute atomic E-state index is 12.4. The largest absolute Gasteiger partial charge is 0.326 e. The molecule has 0 aliphatic heterocycles. The predicted molar refractivity (Wildman–Crippen MR) is 46.9 cm³/mol. The molecule has 1 aromatic heterocycles. The molecule has 2 N–H and O–H groups in total. The van der Waals surface area contributed by atoms with E-state index in [1.54, 1.807) is 0 Å². The summed E-state index contributed by atoms with van der Waals surface area (Å²) >= 11 is 1.34. The van der Waals surface area contributed by atoms with Gasteiger partial charge in [0, 0.05) is 17.3 Å². The summed E-state index contributed by atoms with van der Waals surface area (Å²) in [5.74, 6) is 0.433. The molecule has 0 amide bonds. The maximum atomic E-state index is 12.4. The van der Waals surface area contributed by atoms with E-state index in [0.29, 0.717) is 10.8 Å². The Labute approximate surface area is 78.8 Å². The molecule has 0 unspecified atom stereocenters. The number of rotatable bonds is 3. The third-order valence-electron chi connectivity index (χ3n) is 2.06. The van der Waals surface area contributed by atoms with Crippen LogP contribution in [0.1, 0.15) is 40.8 Å². The molecule has 1 heterocycles. The van der Waals surface area contributed by atoms with Gasteiger partial charge in [0.2, 0.25) is 0 Å². The first-order chi connectivity index (χ1) is 6.22. The van der Waals surface area contributed by atoms with Gasteiger partial charge in [-0.1, -0.05) is 0 Å². The lowest BCUT2D eigenvalue weighted by Crippen LogP contribution is -1.98. The molecule has 0 bridgehead atoms. The van der Waals surface area contributed by atoms with Gasteiger partial charge in [-0.25, -0.2) is 13.8 Å². The number of thiazole rings is 1. The molecule has 1 aromatic rings. The van der Waals surface area contributed by atoms with Crippen molar-refractivity contribution in [3.63, 3.8) is 0 Å². The van der Waals surface area contributed by atoms with Gasteiger partial charge in [-0.05, 0) is 12.8 Å². The second-order valence-electron chi connectivity index (χ2n) is 3.14. The summed E-state index contributed by atoms with van der Waals surface area (Å²) in [5.41, 5.74) is 5.26. The van der Waals surface area contributed by atoms with Crippen molar-refractivity contribution in [1.29, 1.82) is 0 Å². The third-order valence-corrected chi connectivity index (χ3v) is 3.32. The van der Waals surface area contributed by atoms with Gasteiger partial charge >= 0.3 is 0 Å². The Morgan fingerprint density at radius 3 is 2.62 bits per heavy atom. The van der Waals surface area contributed by atoms with Crippen LogP contribution in [0.5, 0.6) is 0 Å². The van der Waals surface area contributed by atoms with Crippen LogP contribution in [0.3, 0.4) is 0 Å². The minimum Gasteiger partial charge on any atom is -0.326 e. The van der Waals surface area contributed by atoms with Crippen LogP contribution in [0.25, 0.3) is 0 Å². The minimum absolute atomic E-state index is 0.102. The fraction of sp³-hybridized carbons (Fsp3) is 0.625. The highest BCUT2D eigenvalue weighted by molar-refractivity contribution is 7.11. The van der Waals surface area contributed by atoms with Crippen molar-refractivity contribution < 1.29 is 8.78 Å². The Balaban J connectivity index is 2.30. The molecule has 1 fully saturated rings. The molecular weight excluding hydrogens is 194 g/mol. The van der Waals surface area contributed by atoms with Crippen LogP contribution >= 0.6 is 11.3 Å². The summed E-state index contributed by atoms with van der Waals surface area (Å²) in [6.45, 7) is 0.171. The van der Waals surface area contributed by atoms with Gasteiger partial charge in [0.25, 0.3) is 6.43 Å². The van der Waals surface area contributed by atoms with Gasteiger partial charge in [-0.2, -0.15) is 0 Å². The summed E-state index contributed by atoms with van der Waals surface area (Å²) in [5, 5.41) is 0.843. The Morgan fingerprint density at radius 2 is 2.23 bits per heavy atom. The molecule has 1 saturated carbocycles. The first kappa shape index (κ1) is 9.02. The zero-order valence-corrected chi connectivity index (χ0v) is 7.78. The van der Waals surface area contributed by atoms with Crippen LogP contribution in [-0.4, -0.2) is 4.98 Å². The van der Waals surface area contributed by atoms with Gasteiger partial charge in [-0.3, -0.25) is 0 Å². The van der Waals surface area contributed by atoms with Crippen LogP contribution in [-0.2, 0) is 6.54 Å². The lowest BCUT2D eigenvalue weighted by Gasteiger charge is -1.95. The summed E-state index contributed by atoms with van der Waals surface area (Å²) in [7, 11) is 0. The van der Waals surface area contributed by atoms with Crippen molar-refractivity contribution in [2.24, 2.45) is 5.73 Å². The third kappa shape index (κ3) is 1.71. The van der Waals surface area contributed by atoms with Gasteiger partial charge in [0.15, 0.2) is 0 Å². The molecule has 2 rings (SSSR count). The van der Waals surface area contributed by atoms with Crippen LogP contribution in [0.2, 0.25) is 0 Å². The fourth-order valence-electron chi connectivity index (χ4n) is 1.20. The zero-order valence-electron chi connectivity index (χ0n) is 6.96. The number of hydrogen-bond acceptors (Lipinski definition) is 3. The Morgan fingerprint density at radius 1 is 1.54 bits per heavy atom. The van der Waals surface area contributed by atoms with E-state index in [1.165, 1.54) is 11.3 Å². The van der Waals surface area contributed by atoms with Crippen molar-refractivity contribution in [3.05, 3.63) is 15.6 Å². The average Bonchev–Trinajstić information content (AvgIpc) is 2.84. The quantitative estimate of drug-likeness (QED) is 0.821. The number of nitrogens with two attached hydrogens (primary N) is 1. The summed E-state index contributed by atoms with van der Waals surface area (Å²) < 4.78 is 24.8. The highest BCUT2D eigenvalue weighted by Gasteiger charge is 2.29. The normalized spacial score (nSPS) is 16.9. The molecule has 0 spiro atoms. The second kappa shape index (κ2) is 3.31. The molecular formula is C8H10F2N2S. The molecule has 0 saturated heterocycles. The molecule has 5 heteroatoms. The molecule has 72 valence electrons. The molecule has 1 aliphatic rings. The number of alkyl halides is 2. The highest BCUT2D eigenvalue weighted by Crippen LogP contribution is 2.43. The SMILES string of the molecule is NCc1sc(C2CC2)nc1C(F)F. The standard InChI is InChI=1S/C8H10F2N2S/c9-7(10)6-5(3-11)13-8(12-6)4-1-2-4/h4,7H,1-3,11H2. The Hall–Kier alpha value is -0.550. The predicted octanol–water partition coefficient (Wildman–Crippen LogP) is 2.42. The lowest BCUT2D eigenvalue weighted by atomic mass is 10.3. The van der Waals surface area contributed by atoms with Crippen molar-refractivity contribution in [2.45, 2.75) is 31.7 Å². The highest BCUT2D eigenvalue weighted by atomic mass is 32.1. The van der Waals surface area contributed by atoms with E-state index in [2.05, 4.69) is 4.98 Å². The van der Waals surface area contributed by atoms with Crippen molar-refractivity contribution in [1.82, 2.24) is 4.98 Å². The van der Waals surface area contributed by atoms with Crippen LogP contribution < -0.4 is 5.73 Å². The summed E-state index contributed by atoms with van der Waals surface area (Å²) in [6.07, 6.45) is -0.317. The zero-order chi connectivity index (χ0) is 9.42. The van der Waals surface area contributed by atoms with E-state index < -0.39 is 6.43 Å². The van der Waals surface area contributed by atoms with E-state index in [0.717, 1.165) is 17.8 Å². The number of aromatic nitrogens is 1. The summed E-state index contributed by atoms with van der Waals surface area (Å²) in [6, 6.07) is 0.